The summed E-state index contributed by atoms with van der Waals surface area (Å²) in [6.45, 7) is 2.74. The minimum absolute atomic E-state index is 0.248. The Bertz CT molecular complexity index is 396. The van der Waals surface area contributed by atoms with Crippen LogP contribution in [0, 0.1) is 12.8 Å². The number of benzene rings is 1. The monoisotopic (exact) mass is 274 g/mol. The van der Waals surface area contributed by atoms with Crippen LogP contribution in [0.4, 0.5) is 13.2 Å². The van der Waals surface area contributed by atoms with Crippen molar-refractivity contribution < 1.29 is 13.2 Å². The Morgan fingerprint density at radius 2 is 1.63 bits per heavy atom. The molecule has 1 aromatic rings. The van der Waals surface area contributed by atoms with Gasteiger partial charge in [-0.05, 0) is 62.9 Å². The van der Waals surface area contributed by atoms with E-state index in [4.69, 9.17) is 11.5 Å². The van der Waals surface area contributed by atoms with Gasteiger partial charge in [0, 0.05) is 0 Å². The predicted molar refractivity (Wildman–Crippen MR) is 70.7 cm³/mol. The molecule has 0 amide bonds. The Kier molecular flexibility index (Phi) is 5.82. The van der Waals surface area contributed by atoms with Crippen LogP contribution < -0.4 is 11.5 Å². The first-order valence-electron chi connectivity index (χ1n) is 6.44. The highest BCUT2D eigenvalue weighted by Gasteiger charge is 2.30. The maximum Gasteiger partial charge on any atom is 0.416 e. The Labute approximate surface area is 112 Å². The standard InChI is InChI=1S/C14H21F3N2/c1-10-6-12(8-11(2-4-18)3-5-19)9-13(7-10)14(15,16)17/h6-7,9,11H,2-5,8,18-19H2,1H3. The molecule has 108 valence electrons. The van der Waals surface area contributed by atoms with Crippen molar-refractivity contribution in [3.05, 3.63) is 34.9 Å². The molecule has 0 aliphatic rings. The van der Waals surface area contributed by atoms with E-state index in [-0.39, 0.29) is 5.92 Å². The van der Waals surface area contributed by atoms with Crippen LogP contribution in [-0.2, 0) is 12.6 Å². The van der Waals surface area contributed by atoms with Crippen LogP contribution in [0.15, 0.2) is 18.2 Å². The number of halogens is 3. The minimum atomic E-state index is -4.29. The summed E-state index contributed by atoms with van der Waals surface area (Å²) in [4.78, 5) is 0. The molecular weight excluding hydrogens is 253 g/mol. The molecule has 0 aliphatic carbocycles. The van der Waals surface area contributed by atoms with Gasteiger partial charge < -0.3 is 11.5 Å². The van der Waals surface area contributed by atoms with Gasteiger partial charge in [0.2, 0.25) is 0 Å². The highest BCUT2D eigenvalue weighted by Crippen LogP contribution is 2.31. The molecule has 0 fully saturated rings. The van der Waals surface area contributed by atoms with Crippen LogP contribution in [-0.4, -0.2) is 13.1 Å². The predicted octanol–water partition coefficient (Wildman–Crippen LogP) is 2.87. The van der Waals surface area contributed by atoms with Crippen molar-refractivity contribution in [1.29, 1.82) is 0 Å². The van der Waals surface area contributed by atoms with Gasteiger partial charge in [0.05, 0.1) is 5.56 Å². The molecule has 0 saturated carbocycles. The maximum absolute atomic E-state index is 12.7. The summed E-state index contributed by atoms with van der Waals surface area (Å²) in [6, 6.07) is 4.20. The van der Waals surface area contributed by atoms with Crippen molar-refractivity contribution in [3.63, 3.8) is 0 Å². The van der Waals surface area contributed by atoms with Gasteiger partial charge in [-0.3, -0.25) is 0 Å². The molecule has 4 N–H and O–H groups in total. The molecule has 0 spiro atoms. The third-order valence-corrected chi connectivity index (χ3v) is 3.14. The van der Waals surface area contributed by atoms with Gasteiger partial charge in [-0.15, -0.1) is 0 Å². The lowest BCUT2D eigenvalue weighted by Crippen LogP contribution is -2.16. The van der Waals surface area contributed by atoms with Crippen molar-refractivity contribution in [2.75, 3.05) is 13.1 Å². The zero-order valence-corrected chi connectivity index (χ0v) is 11.1. The normalized spacial score (nSPS) is 12.2. The van der Waals surface area contributed by atoms with Crippen LogP contribution in [0.3, 0.4) is 0 Å². The van der Waals surface area contributed by atoms with Crippen LogP contribution in [0.2, 0.25) is 0 Å². The summed E-state index contributed by atoms with van der Waals surface area (Å²) in [7, 11) is 0. The van der Waals surface area contributed by atoms with Gasteiger partial charge in [-0.2, -0.15) is 13.2 Å². The van der Waals surface area contributed by atoms with E-state index in [1.807, 2.05) is 0 Å². The molecule has 0 atom stereocenters. The van der Waals surface area contributed by atoms with E-state index >= 15 is 0 Å². The fraction of sp³-hybridized carbons (Fsp3) is 0.571. The SMILES string of the molecule is Cc1cc(CC(CCN)CCN)cc(C(F)(F)F)c1. The first kappa shape index (κ1) is 16.0. The second-order valence-corrected chi connectivity index (χ2v) is 4.93. The number of aryl methyl sites for hydroxylation is 1. The van der Waals surface area contributed by atoms with Gasteiger partial charge >= 0.3 is 6.18 Å². The average molecular weight is 274 g/mol. The quantitative estimate of drug-likeness (QED) is 0.838. The van der Waals surface area contributed by atoms with Crippen LogP contribution in [0.5, 0.6) is 0 Å². The molecule has 1 aromatic carbocycles. The minimum Gasteiger partial charge on any atom is -0.330 e. The van der Waals surface area contributed by atoms with Gasteiger partial charge in [0.25, 0.3) is 0 Å². The second-order valence-electron chi connectivity index (χ2n) is 4.93. The first-order valence-corrected chi connectivity index (χ1v) is 6.44. The van der Waals surface area contributed by atoms with Crippen molar-refractivity contribution in [2.24, 2.45) is 17.4 Å². The van der Waals surface area contributed by atoms with Crippen LogP contribution >= 0.6 is 0 Å². The van der Waals surface area contributed by atoms with E-state index < -0.39 is 11.7 Å². The molecule has 0 bridgehead atoms. The molecule has 0 unspecified atom stereocenters. The number of hydrogen-bond donors (Lipinski definition) is 2. The van der Waals surface area contributed by atoms with E-state index in [1.54, 1.807) is 13.0 Å². The first-order chi connectivity index (χ1) is 8.86. The number of nitrogens with two attached hydrogens (primary N) is 2. The van der Waals surface area contributed by atoms with Crippen LogP contribution in [0.1, 0.15) is 29.5 Å². The zero-order chi connectivity index (χ0) is 14.5. The molecule has 19 heavy (non-hydrogen) atoms. The lowest BCUT2D eigenvalue weighted by Gasteiger charge is -2.17. The molecular formula is C14H21F3N2. The summed E-state index contributed by atoms with van der Waals surface area (Å²) in [5.41, 5.74) is 11.8. The highest BCUT2D eigenvalue weighted by atomic mass is 19.4. The topological polar surface area (TPSA) is 52.0 Å². The largest absolute Gasteiger partial charge is 0.416 e. The van der Waals surface area contributed by atoms with Crippen molar-refractivity contribution in [3.8, 4) is 0 Å². The molecule has 2 nitrogen and oxygen atoms in total. The maximum atomic E-state index is 12.7. The molecule has 0 radical (unpaired) electrons. The Hall–Kier alpha value is -1.07. The van der Waals surface area contributed by atoms with E-state index in [1.165, 1.54) is 12.1 Å². The average Bonchev–Trinajstić information content (AvgIpc) is 2.27. The molecule has 0 aliphatic heterocycles. The third-order valence-electron chi connectivity index (χ3n) is 3.14. The van der Waals surface area contributed by atoms with E-state index in [0.717, 1.165) is 12.8 Å². The van der Waals surface area contributed by atoms with Crippen LogP contribution in [0.25, 0.3) is 0 Å². The Morgan fingerprint density at radius 1 is 1.05 bits per heavy atom. The number of alkyl halides is 3. The lowest BCUT2D eigenvalue weighted by atomic mass is 9.91. The highest BCUT2D eigenvalue weighted by molar-refractivity contribution is 5.31. The fourth-order valence-corrected chi connectivity index (χ4v) is 2.30. The van der Waals surface area contributed by atoms with E-state index in [0.29, 0.717) is 30.6 Å². The van der Waals surface area contributed by atoms with Gasteiger partial charge in [-0.1, -0.05) is 11.6 Å². The summed E-state index contributed by atoms with van der Waals surface area (Å²) in [5.74, 6) is 0.248. The van der Waals surface area contributed by atoms with Gasteiger partial charge in [-0.25, -0.2) is 0 Å². The number of hydrogen-bond acceptors (Lipinski definition) is 2. The zero-order valence-electron chi connectivity index (χ0n) is 11.1. The summed E-state index contributed by atoms with van der Waals surface area (Å²) in [6.07, 6.45) is -2.13. The third kappa shape index (κ3) is 5.20. The van der Waals surface area contributed by atoms with E-state index in [9.17, 15) is 13.2 Å². The summed E-state index contributed by atoms with van der Waals surface area (Å²) in [5, 5.41) is 0. The Morgan fingerprint density at radius 3 is 2.11 bits per heavy atom. The molecule has 0 saturated heterocycles. The second kappa shape index (κ2) is 6.91. The fourth-order valence-electron chi connectivity index (χ4n) is 2.30. The van der Waals surface area contributed by atoms with Crippen molar-refractivity contribution >= 4 is 0 Å². The Balaban J connectivity index is 2.90. The number of rotatable bonds is 6. The van der Waals surface area contributed by atoms with Gasteiger partial charge in [0.15, 0.2) is 0 Å². The molecule has 5 heteroatoms. The summed E-state index contributed by atoms with van der Waals surface area (Å²) < 4.78 is 38.2. The molecule has 1 rings (SSSR count). The smallest absolute Gasteiger partial charge is 0.330 e. The van der Waals surface area contributed by atoms with Crippen molar-refractivity contribution in [2.45, 2.75) is 32.4 Å². The lowest BCUT2D eigenvalue weighted by molar-refractivity contribution is -0.137. The summed E-state index contributed by atoms with van der Waals surface area (Å²) >= 11 is 0. The van der Waals surface area contributed by atoms with E-state index in [2.05, 4.69) is 0 Å². The van der Waals surface area contributed by atoms with Gasteiger partial charge in [0.1, 0.15) is 0 Å². The van der Waals surface area contributed by atoms with Crippen molar-refractivity contribution in [1.82, 2.24) is 0 Å². The molecule has 0 heterocycles. The molecule has 0 aromatic heterocycles.